The first-order valence-electron chi connectivity index (χ1n) is 5.26. The van der Waals surface area contributed by atoms with Crippen LogP contribution in [-0.4, -0.2) is 18.0 Å². The van der Waals surface area contributed by atoms with Gasteiger partial charge >= 0.3 is 0 Å². The van der Waals surface area contributed by atoms with E-state index in [1.54, 1.807) is 17.8 Å². The third-order valence-corrected chi connectivity index (χ3v) is 3.22. The van der Waals surface area contributed by atoms with E-state index in [0.29, 0.717) is 6.42 Å². The van der Waals surface area contributed by atoms with Crippen molar-refractivity contribution in [3.8, 4) is 0 Å². The van der Waals surface area contributed by atoms with Crippen LogP contribution in [0.25, 0.3) is 0 Å². The van der Waals surface area contributed by atoms with Crippen LogP contribution < -0.4 is 0 Å². The average Bonchev–Trinajstić information content (AvgIpc) is 2.29. The molecule has 1 N–H and O–H groups in total. The predicted octanol–water partition coefficient (Wildman–Crippen LogP) is 2.94. The molecule has 1 rings (SSSR count). The molecule has 0 aliphatic heterocycles. The molecule has 0 aromatic heterocycles. The van der Waals surface area contributed by atoms with Crippen LogP contribution in [0.1, 0.15) is 18.4 Å². The average molecular weight is 236 g/mol. The molecule has 0 aliphatic carbocycles. The fraction of sp³-hybridized carbons (Fsp3) is 0.308. The van der Waals surface area contributed by atoms with E-state index in [2.05, 4.69) is 0 Å². The largest absolute Gasteiger partial charge is 0.396 e. The van der Waals surface area contributed by atoms with Gasteiger partial charge in [0.2, 0.25) is 0 Å². The molecule has 0 saturated carbocycles. The molecule has 0 bridgehead atoms. The highest BCUT2D eigenvalue weighted by Gasteiger charge is 2.00. The summed E-state index contributed by atoms with van der Waals surface area (Å²) in [5.41, 5.74) is 1.22. The molecular weight excluding hydrogens is 220 g/mol. The second kappa shape index (κ2) is 7.25. The molecule has 0 unspecified atom stereocenters. The Kier molecular flexibility index (Phi) is 5.90. The van der Waals surface area contributed by atoms with Crippen LogP contribution in [0.5, 0.6) is 0 Å². The lowest BCUT2D eigenvalue weighted by Crippen LogP contribution is -1.86. The van der Waals surface area contributed by atoms with Gasteiger partial charge in [-0.1, -0.05) is 29.5 Å². The van der Waals surface area contributed by atoms with Gasteiger partial charge in [-0.25, -0.2) is 0 Å². The number of hydrogen-bond acceptors (Lipinski definition) is 3. The van der Waals surface area contributed by atoms with Crippen LogP contribution >= 0.6 is 11.8 Å². The van der Waals surface area contributed by atoms with E-state index in [1.807, 2.05) is 31.2 Å². The van der Waals surface area contributed by atoms with Crippen molar-refractivity contribution in [2.45, 2.75) is 24.7 Å². The number of carbonyl (C=O) groups excluding carboxylic acids is 1. The van der Waals surface area contributed by atoms with Crippen molar-refractivity contribution < 1.29 is 9.90 Å². The van der Waals surface area contributed by atoms with Crippen LogP contribution in [-0.2, 0) is 4.79 Å². The van der Waals surface area contributed by atoms with Gasteiger partial charge in [0, 0.05) is 11.5 Å². The van der Waals surface area contributed by atoms with Crippen LogP contribution in [0.15, 0.2) is 40.1 Å². The summed E-state index contributed by atoms with van der Waals surface area (Å²) in [5, 5.41) is 8.76. The van der Waals surface area contributed by atoms with Crippen LogP contribution in [0.4, 0.5) is 0 Å². The number of aliphatic hydroxyl groups is 1. The van der Waals surface area contributed by atoms with E-state index in [1.165, 1.54) is 5.56 Å². The van der Waals surface area contributed by atoms with Crippen LogP contribution in [0.3, 0.4) is 0 Å². The fourth-order valence-electron chi connectivity index (χ4n) is 1.26. The number of hydrogen-bond donors (Lipinski definition) is 1. The van der Waals surface area contributed by atoms with Crippen molar-refractivity contribution in [2.24, 2.45) is 0 Å². The lowest BCUT2D eigenvalue weighted by atomic mass is 10.2. The van der Waals surface area contributed by atoms with Gasteiger partial charge < -0.3 is 5.11 Å². The van der Waals surface area contributed by atoms with Gasteiger partial charge in [-0.05, 0) is 42.9 Å². The van der Waals surface area contributed by atoms with Crippen molar-refractivity contribution in [3.05, 3.63) is 40.8 Å². The summed E-state index contributed by atoms with van der Waals surface area (Å²) < 4.78 is 0. The van der Waals surface area contributed by atoms with Crippen molar-refractivity contribution in [2.75, 3.05) is 6.61 Å². The van der Waals surface area contributed by atoms with E-state index in [4.69, 9.17) is 5.11 Å². The molecule has 0 amide bonds. The molecule has 16 heavy (non-hydrogen) atoms. The molecule has 0 saturated heterocycles. The van der Waals surface area contributed by atoms with E-state index in [-0.39, 0.29) is 6.61 Å². The number of allylic oxidation sites excluding steroid dienone is 2. The SMILES string of the molecule is Cc1ccc(S/C(=C/C=O)CCCO)cc1. The zero-order valence-electron chi connectivity index (χ0n) is 9.35. The lowest BCUT2D eigenvalue weighted by molar-refractivity contribution is -0.104. The van der Waals surface area contributed by atoms with E-state index in [9.17, 15) is 4.79 Å². The van der Waals surface area contributed by atoms with Crippen molar-refractivity contribution in [1.29, 1.82) is 0 Å². The molecule has 3 heteroatoms. The second-order valence-electron chi connectivity index (χ2n) is 3.51. The minimum atomic E-state index is 0.157. The Hall–Kier alpha value is -1.06. The molecule has 0 fully saturated rings. The van der Waals surface area contributed by atoms with Gasteiger partial charge in [-0.3, -0.25) is 4.79 Å². The maximum Gasteiger partial charge on any atom is 0.143 e. The first-order valence-corrected chi connectivity index (χ1v) is 6.07. The topological polar surface area (TPSA) is 37.3 Å². The van der Waals surface area contributed by atoms with Crippen LogP contribution in [0.2, 0.25) is 0 Å². The zero-order valence-corrected chi connectivity index (χ0v) is 10.2. The third-order valence-electron chi connectivity index (χ3n) is 2.11. The maximum atomic E-state index is 10.5. The quantitative estimate of drug-likeness (QED) is 0.469. The Morgan fingerprint density at radius 1 is 1.38 bits per heavy atom. The molecule has 0 heterocycles. The van der Waals surface area contributed by atoms with Crippen LogP contribution in [0, 0.1) is 6.92 Å². The standard InChI is InChI=1S/C13H16O2S/c1-11-4-6-13(7-5-11)16-12(8-10-15)3-2-9-14/h4-8,10,14H,2-3,9H2,1H3/b12-8+. The molecule has 0 spiro atoms. The summed E-state index contributed by atoms with van der Waals surface area (Å²) in [4.78, 5) is 12.6. The van der Waals surface area contributed by atoms with Gasteiger partial charge in [0.05, 0.1) is 0 Å². The highest BCUT2D eigenvalue weighted by molar-refractivity contribution is 8.03. The molecule has 2 nitrogen and oxygen atoms in total. The minimum absolute atomic E-state index is 0.157. The predicted molar refractivity (Wildman–Crippen MR) is 67.5 cm³/mol. The van der Waals surface area contributed by atoms with Crippen molar-refractivity contribution >= 4 is 18.0 Å². The Bertz CT molecular complexity index is 355. The fourth-order valence-corrected chi connectivity index (χ4v) is 2.20. The summed E-state index contributed by atoms with van der Waals surface area (Å²) >= 11 is 1.58. The number of aryl methyl sites for hydroxylation is 1. The number of carbonyl (C=O) groups is 1. The van der Waals surface area contributed by atoms with Gasteiger partial charge in [-0.2, -0.15) is 0 Å². The van der Waals surface area contributed by atoms with Gasteiger partial charge in [-0.15, -0.1) is 0 Å². The highest BCUT2D eigenvalue weighted by atomic mass is 32.2. The zero-order chi connectivity index (χ0) is 11.8. The lowest BCUT2D eigenvalue weighted by Gasteiger charge is -2.05. The van der Waals surface area contributed by atoms with E-state index >= 15 is 0 Å². The number of aldehydes is 1. The third kappa shape index (κ3) is 4.64. The summed E-state index contributed by atoms with van der Waals surface area (Å²) in [6.45, 7) is 2.20. The molecule has 1 aromatic rings. The Labute approximate surface area is 100 Å². The highest BCUT2D eigenvalue weighted by Crippen LogP contribution is 2.29. The van der Waals surface area contributed by atoms with Crippen molar-refractivity contribution in [1.82, 2.24) is 0 Å². The molecule has 86 valence electrons. The number of rotatable bonds is 6. The first-order chi connectivity index (χ1) is 7.76. The van der Waals surface area contributed by atoms with Crippen molar-refractivity contribution in [3.63, 3.8) is 0 Å². The summed E-state index contributed by atoms with van der Waals surface area (Å²) in [6, 6.07) is 8.18. The first kappa shape index (κ1) is 13.0. The number of benzene rings is 1. The molecule has 0 atom stereocenters. The molecular formula is C13H16O2S. The summed E-state index contributed by atoms with van der Waals surface area (Å²) in [6.07, 6.45) is 3.81. The summed E-state index contributed by atoms with van der Waals surface area (Å²) in [5.74, 6) is 0. The van der Waals surface area contributed by atoms with E-state index in [0.717, 1.165) is 22.5 Å². The molecule has 0 aliphatic rings. The number of thioether (sulfide) groups is 1. The Morgan fingerprint density at radius 3 is 2.62 bits per heavy atom. The molecule has 1 aromatic carbocycles. The van der Waals surface area contributed by atoms with Gasteiger partial charge in [0.15, 0.2) is 0 Å². The second-order valence-corrected chi connectivity index (χ2v) is 4.71. The van der Waals surface area contributed by atoms with Gasteiger partial charge in [0.1, 0.15) is 6.29 Å². The molecule has 0 radical (unpaired) electrons. The smallest absolute Gasteiger partial charge is 0.143 e. The summed E-state index contributed by atoms with van der Waals surface area (Å²) in [7, 11) is 0. The minimum Gasteiger partial charge on any atom is -0.396 e. The maximum absolute atomic E-state index is 10.5. The Morgan fingerprint density at radius 2 is 2.06 bits per heavy atom. The van der Waals surface area contributed by atoms with Gasteiger partial charge in [0.25, 0.3) is 0 Å². The number of aliphatic hydroxyl groups excluding tert-OH is 1. The van der Waals surface area contributed by atoms with E-state index < -0.39 is 0 Å². The monoisotopic (exact) mass is 236 g/mol. The Balaban J connectivity index is 2.64. The normalized spacial score (nSPS) is 11.5.